The number of amides is 1. The monoisotopic (exact) mass is 460 g/mol. The second kappa shape index (κ2) is 9.92. The molecule has 0 atom stereocenters. The van der Waals surface area contributed by atoms with Crippen molar-refractivity contribution >= 4 is 21.6 Å². The lowest BCUT2D eigenvalue weighted by atomic mass is 9.96. The number of methoxy groups -OCH3 is 2. The lowest BCUT2D eigenvalue weighted by Gasteiger charge is -2.33. The van der Waals surface area contributed by atoms with E-state index in [2.05, 4.69) is 0 Å². The Morgan fingerprint density at radius 1 is 1.06 bits per heavy atom. The Kier molecular flexibility index (Phi) is 7.46. The predicted octanol–water partition coefficient (Wildman–Crippen LogP) is 3.89. The van der Waals surface area contributed by atoms with Gasteiger partial charge in [0.25, 0.3) is 0 Å². The first-order valence-corrected chi connectivity index (χ1v) is 12.2. The normalized spacial score (nSPS) is 15.6. The number of benzene rings is 2. The van der Waals surface area contributed by atoms with Crippen molar-refractivity contribution in [2.45, 2.75) is 37.5 Å². The zero-order valence-electron chi connectivity index (χ0n) is 19.4. The molecule has 2 aromatic rings. The third-order valence-electron chi connectivity index (χ3n) is 6.05. The molecule has 174 valence electrons. The van der Waals surface area contributed by atoms with Gasteiger partial charge in [-0.15, -0.1) is 0 Å². The van der Waals surface area contributed by atoms with Crippen LogP contribution in [-0.2, 0) is 14.8 Å². The Hall–Kier alpha value is -2.58. The van der Waals surface area contributed by atoms with E-state index < -0.39 is 10.0 Å². The third-order valence-corrected chi connectivity index (χ3v) is 7.97. The third kappa shape index (κ3) is 4.91. The number of piperidine rings is 1. The molecular weight excluding hydrogens is 428 g/mol. The van der Waals surface area contributed by atoms with Crippen LogP contribution in [0.2, 0.25) is 0 Å². The van der Waals surface area contributed by atoms with Crippen LogP contribution in [0.5, 0.6) is 11.5 Å². The predicted molar refractivity (Wildman–Crippen MR) is 125 cm³/mol. The van der Waals surface area contributed by atoms with Crippen molar-refractivity contribution in [1.29, 1.82) is 0 Å². The Morgan fingerprint density at radius 3 is 2.34 bits per heavy atom. The first-order valence-electron chi connectivity index (χ1n) is 10.8. The highest BCUT2D eigenvalue weighted by atomic mass is 32.2. The zero-order chi connectivity index (χ0) is 23.5. The van der Waals surface area contributed by atoms with Crippen LogP contribution in [0.4, 0.5) is 5.69 Å². The number of hydrogen-bond acceptors (Lipinski definition) is 5. The summed E-state index contributed by atoms with van der Waals surface area (Å²) in [4.78, 5) is 14.8. The van der Waals surface area contributed by atoms with Crippen molar-refractivity contribution < 1.29 is 22.7 Å². The number of hydrogen-bond donors (Lipinski definition) is 0. The summed E-state index contributed by atoms with van der Waals surface area (Å²) in [5.74, 6) is 0.965. The van der Waals surface area contributed by atoms with E-state index in [1.807, 2.05) is 44.2 Å². The molecule has 1 fully saturated rings. The minimum absolute atomic E-state index is 0.0188. The van der Waals surface area contributed by atoms with Gasteiger partial charge in [-0.3, -0.25) is 4.79 Å². The molecule has 1 amide bonds. The summed E-state index contributed by atoms with van der Waals surface area (Å²) >= 11 is 0. The lowest BCUT2D eigenvalue weighted by molar-refractivity contribution is -0.123. The zero-order valence-corrected chi connectivity index (χ0v) is 20.2. The van der Waals surface area contributed by atoms with Crippen molar-refractivity contribution in [2.75, 3.05) is 39.3 Å². The molecule has 32 heavy (non-hydrogen) atoms. The van der Waals surface area contributed by atoms with Gasteiger partial charge in [-0.25, -0.2) is 8.42 Å². The topological polar surface area (TPSA) is 76.2 Å². The fourth-order valence-electron chi connectivity index (χ4n) is 3.96. The second-order valence-electron chi connectivity index (χ2n) is 8.34. The molecular formula is C24H32N2O5S. The Balaban J connectivity index is 1.73. The van der Waals surface area contributed by atoms with E-state index >= 15 is 0 Å². The largest absolute Gasteiger partial charge is 0.497 e. The highest BCUT2D eigenvalue weighted by molar-refractivity contribution is 7.89. The molecule has 2 aromatic carbocycles. The van der Waals surface area contributed by atoms with Gasteiger partial charge in [0, 0.05) is 37.8 Å². The molecule has 0 aromatic heterocycles. The van der Waals surface area contributed by atoms with E-state index in [0.29, 0.717) is 37.4 Å². The van der Waals surface area contributed by atoms with Crippen LogP contribution >= 0.6 is 0 Å². The SMILES string of the molecule is COc1cccc(N(C)C(=O)C2CCN(S(=O)(=O)c3cc(C(C)C)ccc3OC)CC2)c1. The number of carbonyl (C=O) groups is 1. The molecule has 1 aliphatic rings. The maximum absolute atomic E-state index is 13.4. The quantitative estimate of drug-likeness (QED) is 0.627. The molecule has 0 N–H and O–H groups in total. The first-order chi connectivity index (χ1) is 15.2. The van der Waals surface area contributed by atoms with Gasteiger partial charge < -0.3 is 14.4 Å². The van der Waals surface area contributed by atoms with E-state index in [1.54, 1.807) is 31.2 Å². The number of nitrogens with zero attached hydrogens (tertiary/aromatic N) is 2. The Morgan fingerprint density at radius 2 is 1.75 bits per heavy atom. The summed E-state index contributed by atoms with van der Waals surface area (Å²) in [5, 5.41) is 0. The molecule has 0 radical (unpaired) electrons. The van der Waals surface area contributed by atoms with Crippen LogP contribution < -0.4 is 14.4 Å². The van der Waals surface area contributed by atoms with Crippen LogP contribution in [-0.4, -0.2) is 53.0 Å². The van der Waals surface area contributed by atoms with Gasteiger partial charge in [0.05, 0.1) is 14.2 Å². The van der Waals surface area contributed by atoms with E-state index in [-0.39, 0.29) is 22.6 Å². The molecule has 0 spiro atoms. The van der Waals surface area contributed by atoms with Crippen molar-refractivity contribution in [2.24, 2.45) is 5.92 Å². The van der Waals surface area contributed by atoms with Gasteiger partial charge in [-0.2, -0.15) is 4.31 Å². The van der Waals surface area contributed by atoms with Crippen molar-refractivity contribution in [3.05, 3.63) is 48.0 Å². The van der Waals surface area contributed by atoms with Crippen molar-refractivity contribution in [3.63, 3.8) is 0 Å². The van der Waals surface area contributed by atoms with E-state index in [0.717, 1.165) is 11.3 Å². The number of anilines is 1. The van der Waals surface area contributed by atoms with Crippen LogP contribution in [0, 0.1) is 5.92 Å². The highest BCUT2D eigenvalue weighted by Crippen LogP contribution is 2.33. The summed E-state index contributed by atoms with van der Waals surface area (Å²) in [7, 11) is 1.08. The molecule has 8 heteroatoms. The van der Waals surface area contributed by atoms with Gasteiger partial charge in [0.1, 0.15) is 16.4 Å². The van der Waals surface area contributed by atoms with E-state index in [4.69, 9.17) is 9.47 Å². The summed E-state index contributed by atoms with van der Waals surface area (Å²) < 4.78 is 38.8. The average Bonchev–Trinajstić information content (AvgIpc) is 2.82. The first kappa shape index (κ1) is 24.1. The van der Waals surface area contributed by atoms with Gasteiger partial charge >= 0.3 is 0 Å². The second-order valence-corrected chi connectivity index (χ2v) is 10.2. The summed E-state index contributed by atoms with van der Waals surface area (Å²) in [6, 6.07) is 12.6. The molecule has 7 nitrogen and oxygen atoms in total. The lowest BCUT2D eigenvalue weighted by Crippen LogP contribution is -2.43. The molecule has 0 bridgehead atoms. The van der Waals surface area contributed by atoms with Gasteiger partial charge in [0.2, 0.25) is 15.9 Å². The fraction of sp³-hybridized carbons (Fsp3) is 0.458. The molecule has 3 rings (SSSR count). The molecule has 1 aliphatic heterocycles. The Bertz CT molecular complexity index is 1060. The van der Waals surface area contributed by atoms with Crippen molar-refractivity contribution in [3.8, 4) is 11.5 Å². The summed E-state index contributed by atoms with van der Waals surface area (Å²) in [5.41, 5.74) is 1.69. The van der Waals surface area contributed by atoms with E-state index in [9.17, 15) is 13.2 Å². The minimum atomic E-state index is -3.72. The van der Waals surface area contributed by atoms with Crippen molar-refractivity contribution in [1.82, 2.24) is 4.31 Å². The maximum atomic E-state index is 13.4. The maximum Gasteiger partial charge on any atom is 0.246 e. The molecule has 1 saturated heterocycles. The number of sulfonamides is 1. The number of carbonyl (C=O) groups excluding carboxylic acids is 1. The molecule has 0 aliphatic carbocycles. The molecule has 1 heterocycles. The number of rotatable bonds is 7. The molecule has 0 unspecified atom stereocenters. The minimum Gasteiger partial charge on any atom is -0.497 e. The van der Waals surface area contributed by atoms with Crippen LogP contribution in [0.1, 0.15) is 38.2 Å². The van der Waals surface area contributed by atoms with E-state index in [1.165, 1.54) is 11.4 Å². The highest BCUT2D eigenvalue weighted by Gasteiger charge is 2.35. The fourth-order valence-corrected chi connectivity index (χ4v) is 5.62. The standard InChI is InChI=1S/C24H32N2O5S/c1-17(2)19-9-10-22(31-5)23(15-19)32(28,29)26-13-11-18(12-14-26)24(27)25(3)20-7-6-8-21(16-20)30-4/h6-10,15-18H,11-14H2,1-5H3. The van der Waals surface area contributed by atoms with Gasteiger partial charge in [-0.1, -0.05) is 26.0 Å². The summed E-state index contributed by atoms with van der Waals surface area (Å²) in [6.45, 7) is 4.63. The van der Waals surface area contributed by atoms with Crippen LogP contribution in [0.3, 0.4) is 0 Å². The van der Waals surface area contributed by atoms with Crippen LogP contribution in [0.25, 0.3) is 0 Å². The molecule has 0 saturated carbocycles. The Labute approximate surface area is 191 Å². The average molecular weight is 461 g/mol. The number of ether oxygens (including phenoxy) is 2. The van der Waals surface area contributed by atoms with Crippen LogP contribution in [0.15, 0.2) is 47.4 Å². The van der Waals surface area contributed by atoms with Gasteiger partial charge in [-0.05, 0) is 48.6 Å². The smallest absolute Gasteiger partial charge is 0.246 e. The summed E-state index contributed by atoms with van der Waals surface area (Å²) in [6.07, 6.45) is 0.942. The van der Waals surface area contributed by atoms with Gasteiger partial charge in [0.15, 0.2) is 0 Å².